The lowest BCUT2D eigenvalue weighted by atomic mass is 9.69. The molecule has 0 atom stereocenters. The zero-order valence-electron chi connectivity index (χ0n) is 19.1. The number of hydrogen-bond donors (Lipinski definition) is 2. The summed E-state index contributed by atoms with van der Waals surface area (Å²) in [6, 6.07) is 23.1. The van der Waals surface area contributed by atoms with Crippen molar-refractivity contribution in [1.82, 2.24) is 0 Å². The summed E-state index contributed by atoms with van der Waals surface area (Å²) in [6.45, 7) is 2.29. The first-order valence-electron chi connectivity index (χ1n) is 12.3. The maximum absolute atomic E-state index is 10.7. The zero-order valence-corrected chi connectivity index (χ0v) is 19.1. The molecule has 0 amide bonds. The minimum Gasteiger partial charge on any atom is -0.508 e. The topological polar surface area (TPSA) is 40.5 Å². The molecule has 3 aromatic rings. The normalized spacial score (nSPS) is 17.8. The van der Waals surface area contributed by atoms with Crippen LogP contribution < -0.4 is 0 Å². The van der Waals surface area contributed by atoms with E-state index in [1.165, 1.54) is 42.4 Å². The summed E-state index contributed by atoms with van der Waals surface area (Å²) in [7, 11) is 0. The highest BCUT2D eigenvalue weighted by molar-refractivity contribution is 5.55. The number of aromatic hydroxyl groups is 2. The zero-order chi connectivity index (χ0) is 22.1. The van der Waals surface area contributed by atoms with Gasteiger partial charge in [0, 0.05) is 5.41 Å². The number of rotatable bonds is 5. The third-order valence-electron chi connectivity index (χ3n) is 8.15. The van der Waals surface area contributed by atoms with Crippen molar-refractivity contribution < 1.29 is 10.2 Å². The van der Waals surface area contributed by atoms with Gasteiger partial charge in [0.25, 0.3) is 0 Å². The van der Waals surface area contributed by atoms with Gasteiger partial charge in [-0.15, -0.1) is 0 Å². The Morgan fingerprint density at radius 1 is 0.594 bits per heavy atom. The quantitative estimate of drug-likeness (QED) is 0.409. The highest BCUT2D eigenvalue weighted by Crippen LogP contribution is 2.46. The molecule has 0 unspecified atom stereocenters. The largest absolute Gasteiger partial charge is 0.508 e. The minimum atomic E-state index is -0.372. The van der Waals surface area contributed by atoms with Crippen molar-refractivity contribution in [2.75, 3.05) is 0 Å². The van der Waals surface area contributed by atoms with Gasteiger partial charge in [-0.1, -0.05) is 80.3 Å². The van der Waals surface area contributed by atoms with Gasteiger partial charge < -0.3 is 10.2 Å². The highest BCUT2D eigenvalue weighted by atomic mass is 16.3. The standard InChI is InChI=1S/C30H34O2/c1-30(23-13-3-2-4-14-23,24-15-17-28(31)26(19-24)21-9-5-6-10-21)25-16-18-29(32)27(20-25)22-11-7-8-12-22/h2-4,13-22,31-32H,5-12H2,1H3. The lowest BCUT2D eigenvalue weighted by Crippen LogP contribution is -2.26. The number of hydrogen-bond acceptors (Lipinski definition) is 2. The molecule has 5 rings (SSSR count). The summed E-state index contributed by atoms with van der Waals surface area (Å²) in [5, 5.41) is 21.4. The van der Waals surface area contributed by atoms with E-state index in [2.05, 4.69) is 61.5 Å². The van der Waals surface area contributed by atoms with E-state index in [-0.39, 0.29) is 5.41 Å². The summed E-state index contributed by atoms with van der Waals surface area (Å²) in [5.41, 5.74) is 5.45. The van der Waals surface area contributed by atoms with Crippen LogP contribution in [0.3, 0.4) is 0 Å². The van der Waals surface area contributed by atoms with Crippen molar-refractivity contribution >= 4 is 0 Å². The van der Waals surface area contributed by atoms with Crippen LogP contribution >= 0.6 is 0 Å². The van der Waals surface area contributed by atoms with Crippen molar-refractivity contribution in [1.29, 1.82) is 0 Å². The molecule has 32 heavy (non-hydrogen) atoms. The van der Waals surface area contributed by atoms with Gasteiger partial charge in [0.15, 0.2) is 0 Å². The van der Waals surface area contributed by atoms with Crippen LogP contribution in [0.4, 0.5) is 0 Å². The fourth-order valence-corrected chi connectivity index (χ4v) is 6.13. The third kappa shape index (κ3) is 3.70. The minimum absolute atomic E-state index is 0.372. The van der Waals surface area contributed by atoms with E-state index in [1.54, 1.807) is 0 Å². The lowest BCUT2D eigenvalue weighted by molar-refractivity contribution is 0.459. The molecule has 0 bridgehead atoms. The van der Waals surface area contributed by atoms with Gasteiger partial charge in [-0.05, 0) is 84.4 Å². The summed E-state index contributed by atoms with van der Waals surface area (Å²) in [6.07, 6.45) is 9.60. The van der Waals surface area contributed by atoms with E-state index in [1.807, 2.05) is 12.1 Å². The summed E-state index contributed by atoms with van der Waals surface area (Å²) in [4.78, 5) is 0. The molecule has 0 saturated heterocycles. The Bertz CT molecular complexity index is 1010. The molecule has 0 spiro atoms. The highest BCUT2D eigenvalue weighted by Gasteiger charge is 2.34. The third-order valence-corrected chi connectivity index (χ3v) is 8.15. The van der Waals surface area contributed by atoms with Gasteiger partial charge in [0.05, 0.1) is 0 Å². The smallest absolute Gasteiger partial charge is 0.119 e. The molecular weight excluding hydrogens is 392 g/mol. The molecule has 0 radical (unpaired) electrons. The second-order valence-electron chi connectivity index (χ2n) is 10.0. The molecule has 0 aliphatic heterocycles. The Balaban J connectivity index is 1.67. The molecule has 2 nitrogen and oxygen atoms in total. The Hall–Kier alpha value is -2.74. The molecule has 2 aliphatic rings. The first-order chi connectivity index (χ1) is 15.6. The molecule has 2 N–H and O–H groups in total. The van der Waals surface area contributed by atoms with Crippen LogP contribution in [0.25, 0.3) is 0 Å². The Kier molecular flexibility index (Phi) is 5.71. The van der Waals surface area contributed by atoms with Crippen molar-refractivity contribution in [2.45, 2.75) is 75.5 Å². The average Bonchev–Trinajstić information content (AvgIpc) is 3.54. The van der Waals surface area contributed by atoms with Crippen molar-refractivity contribution in [3.05, 3.63) is 94.5 Å². The van der Waals surface area contributed by atoms with E-state index < -0.39 is 0 Å². The number of benzene rings is 3. The van der Waals surface area contributed by atoms with Crippen LogP contribution in [0.2, 0.25) is 0 Å². The molecule has 2 saturated carbocycles. The van der Waals surface area contributed by atoms with Gasteiger partial charge in [-0.25, -0.2) is 0 Å². The summed E-state index contributed by atoms with van der Waals surface area (Å²) < 4.78 is 0. The predicted octanol–water partition coefficient (Wildman–Crippen LogP) is 7.77. The van der Waals surface area contributed by atoms with E-state index >= 15 is 0 Å². The molecule has 2 aliphatic carbocycles. The van der Waals surface area contributed by atoms with Crippen LogP contribution in [0.1, 0.15) is 97.9 Å². The van der Waals surface area contributed by atoms with Crippen LogP contribution in [0, 0.1) is 0 Å². The van der Waals surface area contributed by atoms with Crippen molar-refractivity contribution in [3.8, 4) is 11.5 Å². The van der Waals surface area contributed by atoms with Crippen molar-refractivity contribution in [3.63, 3.8) is 0 Å². The Morgan fingerprint density at radius 2 is 1.03 bits per heavy atom. The van der Waals surface area contributed by atoms with Gasteiger partial charge in [-0.3, -0.25) is 0 Å². The molecule has 166 valence electrons. The van der Waals surface area contributed by atoms with E-state index in [9.17, 15) is 10.2 Å². The fourth-order valence-electron chi connectivity index (χ4n) is 6.13. The number of phenols is 2. The molecule has 2 fully saturated rings. The van der Waals surface area contributed by atoms with Crippen LogP contribution in [-0.4, -0.2) is 10.2 Å². The van der Waals surface area contributed by atoms with Gasteiger partial charge >= 0.3 is 0 Å². The Labute approximate surface area is 192 Å². The van der Waals surface area contributed by atoms with Gasteiger partial charge in [0.2, 0.25) is 0 Å². The van der Waals surface area contributed by atoms with E-state index in [0.29, 0.717) is 23.3 Å². The molecule has 0 aromatic heterocycles. The maximum atomic E-state index is 10.7. The van der Waals surface area contributed by atoms with Gasteiger partial charge in [-0.2, -0.15) is 0 Å². The summed E-state index contributed by atoms with van der Waals surface area (Å²) in [5.74, 6) is 1.74. The first-order valence-corrected chi connectivity index (χ1v) is 12.3. The monoisotopic (exact) mass is 426 g/mol. The predicted molar refractivity (Wildman–Crippen MR) is 131 cm³/mol. The first kappa shape index (κ1) is 21.1. The molecule has 3 aromatic carbocycles. The van der Waals surface area contributed by atoms with Crippen LogP contribution in [0.5, 0.6) is 11.5 Å². The summed E-state index contributed by atoms with van der Waals surface area (Å²) >= 11 is 0. The molecule has 2 heteroatoms. The van der Waals surface area contributed by atoms with E-state index in [4.69, 9.17) is 0 Å². The van der Waals surface area contributed by atoms with Gasteiger partial charge in [0.1, 0.15) is 11.5 Å². The molecular formula is C30H34O2. The Morgan fingerprint density at radius 3 is 1.47 bits per heavy atom. The molecule has 0 heterocycles. The number of phenolic OH excluding ortho intramolecular Hbond substituents is 2. The van der Waals surface area contributed by atoms with Crippen molar-refractivity contribution in [2.24, 2.45) is 0 Å². The van der Waals surface area contributed by atoms with E-state index in [0.717, 1.165) is 36.8 Å². The maximum Gasteiger partial charge on any atom is 0.119 e. The second kappa shape index (κ2) is 8.65. The lowest BCUT2D eigenvalue weighted by Gasteiger charge is -2.33. The second-order valence-corrected chi connectivity index (χ2v) is 10.0. The fraction of sp³-hybridized carbons (Fsp3) is 0.400. The van der Waals surface area contributed by atoms with Crippen LogP contribution in [0.15, 0.2) is 66.7 Å². The van der Waals surface area contributed by atoms with Crippen LogP contribution in [-0.2, 0) is 5.41 Å². The SMILES string of the molecule is CC(c1ccccc1)(c1ccc(O)c(C2CCCC2)c1)c1ccc(O)c(C2CCCC2)c1. The average molecular weight is 427 g/mol.